The molecule has 2 N–H and O–H groups in total. The maximum Gasteiger partial charge on any atom is 0.239 e. The summed E-state index contributed by atoms with van der Waals surface area (Å²) < 4.78 is 5.14. The molecule has 1 aromatic carbocycles. The molecule has 0 saturated heterocycles. The van der Waals surface area contributed by atoms with Gasteiger partial charge in [0.25, 0.3) is 0 Å². The summed E-state index contributed by atoms with van der Waals surface area (Å²) in [6.07, 6.45) is 6.80. The molecule has 4 fully saturated rings. The monoisotopic (exact) mass is 314 g/mol. The number of carbonyl (C=O) groups excluding carboxylic acids is 1. The van der Waals surface area contributed by atoms with E-state index in [1.165, 1.54) is 32.1 Å². The minimum absolute atomic E-state index is 0.123. The molecule has 0 aliphatic heterocycles. The van der Waals surface area contributed by atoms with Gasteiger partial charge in [0, 0.05) is 11.7 Å². The van der Waals surface area contributed by atoms with E-state index in [0.717, 1.165) is 35.1 Å². The van der Waals surface area contributed by atoms with Crippen molar-refractivity contribution in [1.82, 2.24) is 5.32 Å². The van der Waals surface area contributed by atoms with E-state index in [9.17, 15) is 4.79 Å². The van der Waals surface area contributed by atoms with Crippen LogP contribution < -0.4 is 15.4 Å². The predicted octanol–water partition coefficient (Wildman–Crippen LogP) is 3.05. The lowest BCUT2D eigenvalue weighted by Gasteiger charge is -2.54. The van der Waals surface area contributed by atoms with Gasteiger partial charge in [-0.05, 0) is 80.0 Å². The van der Waals surface area contributed by atoms with Crippen LogP contribution in [0.1, 0.15) is 32.1 Å². The highest BCUT2D eigenvalue weighted by Gasteiger charge is 2.48. The molecule has 4 aliphatic rings. The quantitative estimate of drug-likeness (QED) is 0.878. The van der Waals surface area contributed by atoms with Gasteiger partial charge in [-0.25, -0.2) is 0 Å². The van der Waals surface area contributed by atoms with Crippen LogP contribution >= 0.6 is 0 Å². The van der Waals surface area contributed by atoms with Crippen LogP contribution in [0.5, 0.6) is 5.75 Å². The third-order valence-corrected chi connectivity index (χ3v) is 6.10. The number of hydrogen-bond acceptors (Lipinski definition) is 3. The van der Waals surface area contributed by atoms with E-state index >= 15 is 0 Å². The van der Waals surface area contributed by atoms with Crippen molar-refractivity contribution >= 4 is 11.6 Å². The van der Waals surface area contributed by atoms with Crippen LogP contribution in [0.3, 0.4) is 0 Å². The van der Waals surface area contributed by atoms with Crippen LogP contribution in [0.4, 0.5) is 5.69 Å². The molecule has 4 bridgehead atoms. The first-order valence-electron chi connectivity index (χ1n) is 8.88. The molecule has 0 unspecified atom stereocenters. The van der Waals surface area contributed by atoms with Crippen molar-refractivity contribution < 1.29 is 9.53 Å². The minimum atomic E-state index is 0.123. The van der Waals surface area contributed by atoms with E-state index in [-0.39, 0.29) is 5.91 Å². The zero-order valence-corrected chi connectivity index (χ0v) is 13.8. The van der Waals surface area contributed by atoms with Crippen LogP contribution in [-0.4, -0.2) is 25.6 Å². The Morgan fingerprint density at radius 3 is 2.22 bits per heavy atom. The van der Waals surface area contributed by atoms with Gasteiger partial charge >= 0.3 is 0 Å². The molecule has 0 spiro atoms. The number of amides is 1. The standard InChI is InChI=1S/C19H26N2O2/c1-23-17-4-2-16(3-5-17)20-11-18(22)21-19-14-7-12-6-13(9-14)10-15(19)8-12/h2-5,12-15,19-20H,6-11H2,1H3,(H,21,22). The van der Waals surface area contributed by atoms with Crippen LogP contribution in [0.25, 0.3) is 0 Å². The van der Waals surface area contributed by atoms with Gasteiger partial charge in [0.1, 0.15) is 5.75 Å². The molecule has 1 aromatic rings. The fourth-order valence-corrected chi connectivity index (χ4v) is 5.29. The SMILES string of the molecule is COc1ccc(NCC(=O)NC2C3CC4CC(C3)CC2C4)cc1. The van der Waals surface area contributed by atoms with E-state index in [1.807, 2.05) is 24.3 Å². The lowest BCUT2D eigenvalue weighted by molar-refractivity contribution is -0.123. The zero-order valence-electron chi connectivity index (χ0n) is 13.8. The zero-order chi connectivity index (χ0) is 15.8. The summed E-state index contributed by atoms with van der Waals surface area (Å²) in [5, 5.41) is 6.53. The number of anilines is 1. The van der Waals surface area contributed by atoms with Gasteiger partial charge in [-0.2, -0.15) is 0 Å². The number of hydrogen-bond donors (Lipinski definition) is 2. The van der Waals surface area contributed by atoms with Gasteiger partial charge in [0.15, 0.2) is 0 Å². The van der Waals surface area contributed by atoms with E-state index in [1.54, 1.807) is 7.11 Å². The van der Waals surface area contributed by atoms with Crippen molar-refractivity contribution in [3.63, 3.8) is 0 Å². The second kappa shape index (κ2) is 6.06. The Kier molecular flexibility index (Phi) is 3.92. The summed E-state index contributed by atoms with van der Waals surface area (Å²) in [7, 11) is 1.65. The second-order valence-electron chi connectivity index (χ2n) is 7.61. The van der Waals surface area contributed by atoms with Crippen LogP contribution in [0.2, 0.25) is 0 Å². The van der Waals surface area contributed by atoms with E-state index in [4.69, 9.17) is 4.74 Å². The molecule has 4 nitrogen and oxygen atoms in total. The average Bonchev–Trinajstić information content (AvgIpc) is 2.56. The highest BCUT2D eigenvalue weighted by atomic mass is 16.5. The Morgan fingerprint density at radius 2 is 1.65 bits per heavy atom. The minimum Gasteiger partial charge on any atom is -0.497 e. The second-order valence-corrected chi connectivity index (χ2v) is 7.61. The Labute approximate surface area is 138 Å². The first-order valence-corrected chi connectivity index (χ1v) is 8.88. The number of ether oxygens (including phenoxy) is 1. The lowest BCUT2D eigenvalue weighted by atomic mass is 9.54. The van der Waals surface area contributed by atoms with Crippen molar-refractivity contribution in [2.45, 2.75) is 38.1 Å². The predicted molar refractivity (Wildman–Crippen MR) is 90.5 cm³/mol. The van der Waals surface area contributed by atoms with Crippen LogP contribution in [-0.2, 0) is 4.79 Å². The fraction of sp³-hybridized carbons (Fsp3) is 0.632. The Hall–Kier alpha value is -1.71. The summed E-state index contributed by atoms with van der Waals surface area (Å²) in [6.45, 7) is 0.342. The number of benzene rings is 1. The van der Waals surface area contributed by atoms with Crippen molar-refractivity contribution in [1.29, 1.82) is 0 Å². The topological polar surface area (TPSA) is 50.4 Å². The summed E-state index contributed by atoms with van der Waals surface area (Å²) >= 11 is 0. The molecular weight excluding hydrogens is 288 g/mol. The van der Waals surface area contributed by atoms with Crippen LogP contribution in [0.15, 0.2) is 24.3 Å². The number of rotatable bonds is 5. The number of carbonyl (C=O) groups is 1. The van der Waals surface area contributed by atoms with Crippen molar-refractivity contribution in [2.24, 2.45) is 23.7 Å². The highest BCUT2D eigenvalue weighted by Crippen LogP contribution is 2.53. The van der Waals surface area contributed by atoms with Gasteiger partial charge in [-0.3, -0.25) is 4.79 Å². The lowest BCUT2D eigenvalue weighted by Crippen LogP contribution is -2.56. The third-order valence-electron chi connectivity index (χ3n) is 6.10. The smallest absolute Gasteiger partial charge is 0.239 e. The Bertz CT molecular complexity index is 541. The molecule has 5 rings (SSSR count). The average molecular weight is 314 g/mol. The third kappa shape index (κ3) is 3.04. The van der Waals surface area contributed by atoms with E-state index in [2.05, 4.69) is 10.6 Å². The molecule has 124 valence electrons. The molecule has 0 radical (unpaired) electrons. The first-order chi connectivity index (χ1) is 11.2. The maximum absolute atomic E-state index is 12.3. The van der Waals surface area contributed by atoms with Gasteiger partial charge in [0.2, 0.25) is 5.91 Å². The fourth-order valence-electron chi connectivity index (χ4n) is 5.29. The Morgan fingerprint density at radius 1 is 1.04 bits per heavy atom. The van der Waals surface area contributed by atoms with Gasteiger partial charge < -0.3 is 15.4 Å². The van der Waals surface area contributed by atoms with Crippen molar-refractivity contribution in [3.8, 4) is 5.75 Å². The molecule has 23 heavy (non-hydrogen) atoms. The van der Waals surface area contributed by atoms with Gasteiger partial charge in [0.05, 0.1) is 13.7 Å². The summed E-state index contributed by atoms with van der Waals surface area (Å²) in [5.74, 6) is 4.31. The van der Waals surface area contributed by atoms with Gasteiger partial charge in [-0.15, -0.1) is 0 Å². The first kappa shape index (κ1) is 14.9. The maximum atomic E-state index is 12.3. The van der Waals surface area contributed by atoms with Gasteiger partial charge in [-0.1, -0.05) is 0 Å². The number of methoxy groups -OCH3 is 1. The summed E-state index contributed by atoms with van der Waals surface area (Å²) in [4.78, 5) is 12.3. The molecular formula is C19H26N2O2. The van der Waals surface area contributed by atoms with E-state index in [0.29, 0.717) is 12.6 Å². The molecule has 0 heterocycles. The van der Waals surface area contributed by atoms with Crippen LogP contribution in [0, 0.1) is 23.7 Å². The molecule has 0 aromatic heterocycles. The number of nitrogens with one attached hydrogen (secondary N) is 2. The van der Waals surface area contributed by atoms with Crippen molar-refractivity contribution in [2.75, 3.05) is 19.0 Å². The molecule has 4 heteroatoms. The molecule has 4 aliphatic carbocycles. The molecule has 1 amide bonds. The molecule has 4 saturated carbocycles. The summed E-state index contributed by atoms with van der Waals surface area (Å²) in [6, 6.07) is 8.10. The largest absolute Gasteiger partial charge is 0.497 e. The summed E-state index contributed by atoms with van der Waals surface area (Å²) in [5.41, 5.74) is 0.950. The van der Waals surface area contributed by atoms with E-state index < -0.39 is 0 Å². The Balaban J connectivity index is 1.30. The van der Waals surface area contributed by atoms with Crippen molar-refractivity contribution in [3.05, 3.63) is 24.3 Å². The highest BCUT2D eigenvalue weighted by molar-refractivity contribution is 5.81. The normalized spacial score (nSPS) is 34.2. The molecule has 0 atom stereocenters.